The van der Waals surface area contributed by atoms with Crippen molar-refractivity contribution in [1.82, 2.24) is 14.8 Å². The Bertz CT molecular complexity index is 1660. The van der Waals surface area contributed by atoms with E-state index in [9.17, 15) is 9.59 Å². The van der Waals surface area contributed by atoms with Gasteiger partial charge in [-0.1, -0.05) is 36.4 Å². The lowest BCUT2D eigenvalue weighted by Gasteiger charge is -2.47. The van der Waals surface area contributed by atoms with Gasteiger partial charge in [0.25, 0.3) is 5.91 Å². The molecule has 4 aromatic rings. The van der Waals surface area contributed by atoms with Gasteiger partial charge in [-0.05, 0) is 47.0 Å². The molecule has 5 heterocycles. The van der Waals surface area contributed by atoms with Gasteiger partial charge in [-0.25, -0.2) is 0 Å². The van der Waals surface area contributed by atoms with Crippen LogP contribution in [0.15, 0.2) is 66.7 Å². The van der Waals surface area contributed by atoms with Gasteiger partial charge in [0.15, 0.2) is 11.5 Å². The van der Waals surface area contributed by atoms with Crippen LogP contribution < -0.4 is 14.4 Å². The minimum Gasteiger partial charge on any atom is -0.454 e. The molecule has 1 N–H and O–H groups in total. The molecule has 0 bridgehead atoms. The summed E-state index contributed by atoms with van der Waals surface area (Å²) in [5, 5.41) is 1.08. The van der Waals surface area contributed by atoms with E-state index in [0.717, 1.165) is 66.3 Å². The molecule has 2 saturated heterocycles. The number of nitrogens with one attached hydrogen (secondary N) is 1. The number of para-hydroxylation sites is 1. The molecule has 208 valence electrons. The molecule has 9 heteroatoms. The number of benzene rings is 3. The fraction of sp³-hybridized carbons (Fsp3) is 0.312. The SMILES string of the molecule is O=C1[C@H]2Cc3c([nH]c4ccccc34)[C@@H](c3ccc4c(c3)OCO4)N2C(=O)CN1c1ccc(CN2CCOCC2)cc1. The van der Waals surface area contributed by atoms with E-state index in [0.29, 0.717) is 17.9 Å². The number of aromatic nitrogens is 1. The van der Waals surface area contributed by atoms with Gasteiger partial charge in [0.2, 0.25) is 12.7 Å². The van der Waals surface area contributed by atoms with Gasteiger partial charge >= 0.3 is 0 Å². The maximum Gasteiger partial charge on any atom is 0.250 e. The molecule has 0 aliphatic carbocycles. The highest BCUT2D eigenvalue weighted by Crippen LogP contribution is 2.45. The Morgan fingerprint density at radius 1 is 0.902 bits per heavy atom. The van der Waals surface area contributed by atoms with Crippen LogP contribution in [-0.2, 0) is 27.3 Å². The zero-order valence-electron chi connectivity index (χ0n) is 22.5. The second-order valence-corrected chi connectivity index (χ2v) is 11.1. The number of carbonyl (C=O) groups is 2. The largest absolute Gasteiger partial charge is 0.454 e. The number of aromatic amines is 1. The number of fused-ring (bicyclic) bond motifs is 5. The first kappa shape index (κ1) is 24.5. The first-order valence-corrected chi connectivity index (χ1v) is 14.1. The molecule has 1 aromatic heterocycles. The van der Waals surface area contributed by atoms with Gasteiger partial charge in [0.1, 0.15) is 12.6 Å². The molecule has 0 radical (unpaired) electrons. The summed E-state index contributed by atoms with van der Waals surface area (Å²) in [6, 6.07) is 20.9. The number of nitrogens with zero attached hydrogens (tertiary/aromatic N) is 3. The van der Waals surface area contributed by atoms with E-state index in [2.05, 4.69) is 28.1 Å². The topological polar surface area (TPSA) is 87.3 Å². The molecular weight excluding hydrogens is 520 g/mol. The van der Waals surface area contributed by atoms with E-state index in [1.807, 2.05) is 48.5 Å². The van der Waals surface area contributed by atoms with Crippen molar-refractivity contribution < 1.29 is 23.8 Å². The predicted molar refractivity (Wildman–Crippen MR) is 152 cm³/mol. The predicted octanol–water partition coefficient (Wildman–Crippen LogP) is 3.62. The Kier molecular flexibility index (Phi) is 5.75. The third-order valence-corrected chi connectivity index (χ3v) is 8.73. The molecular formula is C32H30N4O5. The van der Waals surface area contributed by atoms with Crippen molar-refractivity contribution >= 4 is 28.4 Å². The number of amides is 2. The number of carbonyl (C=O) groups excluding carboxylic acids is 2. The van der Waals surface area contributed by atoms with Crippen molar-refractivity contribution in [3.8, 4) is 11.5 Å². The van der Waals surface area contributed by atoms with Gasteiger partial charge in [-0.3, -0.25) is 14.5 Å². The van der Waals surface area contributed by atoms with Crippen LogP contribution in [0.5, 0.6) is 11.5 Å². The number of hydrogen-bond acceptors (Lipinski definition) is 6. The van der Waals surface area contributed by atoms with Crippen molar-refractivity contribution in [3.63, 3.8) is 0 Å². The number of rotatable bonds is 4. The lowest BCUT2D eigenvalue weighted by molar-refractivity contribution is -0.145. The van der Waals surface area contributed by atoms with Crippen LogP contribution in [0.25, 0.3) is 10.9 Å². The van der Waals surface area contributed by atoms with Gasteiger partial charge < -0.3 is 29.0 Å². The maximum atomic E-state index is 14.2. The normalized spacial score (nSPS) is 22.2. The average Bonchev–Trinajstić information content (AvgIpc) is 3.63. The Labute approximate surface area is 237 Å². The van der Waals surface area contributed by atoms with E-state index in [1.165, 1.54) is 5.56 Å². The Morgan fingerprint density at radius 3 is 2.56 bits per heavy atom. The van der Waals surface area contributed by atoms with Crippen molar-refractivity contribution in [3.05, 3.63) is 89.1 Å². The number of hydrogen-bond donors (Lipinski definition) is 1. The van der Waals surface area contributed by atoms with Gasteiger partial charge in [-0.15, -0.1) is 0 Å². The van der Waals surface area contributed by atoms with Crippen LogP contribution in [0.3, 0.4) is 0 Å². The molecule has 8 rings (SSSR count). The summed E-state index contributed by atoms with van der Waals surface area (Å²) in [6.45, 7) is 4.35. The minimum atomic E-state index is -0.619. The molecule has 41 heavy (non-hydrogen) atoms. The van der Waals surface area contributed by atoms with Crippen molar-refractivity contribution in [2.24, 2.45) is 0 Å². The molecule has 4 aliphatic rings. The Balaban J connectivity index is 1.15. The summed E-state index contributed by atoms with van der Waals surface area (Å²) < 4.78 is 16.7. The zero-order valence-corrected chi connectivity index (χ0v) is 22.5. The highest BCUT2D eigenvalue weighted by atomic mass is 16.7. The first-order chi connectivity index (χ1) is 20.1. The van der Waals surface area contributed by atoms with Crippen molar-refractivity contribution in [2.45, 2.75) is 25.0 Å². The highest BCUT2D eigenvalue weighted by molar-refractivity contribution is 6.07. The standard InChI is InChI=1S/C32H30N4O5/c37-29-18-35(22-8-5-20(6-9-22)17-34-11-13-39-14-12-34)32(38)26-16-24-23-3-1-2-4-25(23)33-30(24)31(36(26)29)21-7-10-27-28(15-21)41-19-40-27/h1-10,15,26,31,33H,11-14,16-19H2/t26-,31-/m1/s1. The number of morpholine rings is 1. The Morgan fingerprint density at radius 2 is 1.71 bits per heavy atom. The summed E-state index contributed by atoms with van der Waals surface area (Å²) in [6.07, 6.45) is 0.455. The van der Waals surface area contributed by atoms with E-state index in [-0.39, 0.29) is 25.2 Å². The fourth-order valence-corrected chi connectivity index (χ4v) is 6.71. The third-order valence-electron chi connectivity index (χ3n) is 8.73. The number of anilines is 1. The lowest BCUT2D eigenvalue weighted by Crippen LogP contribution is -2.63. The van der Waals surface area contributed by atoms with Crippen LogP contribution in [0.1, 0.15) is 28.4 Å². The number of piperazine rings is 1. The molecule has 0 saturated carbocycles. The van der Waals surface area contributed by atoms with E-state index in [4.69, 9.17) is 14.2 Å². The monoisotopic (exact) mass is 550 g/mol. The average molecular weight is 551 g/mol. The molecule has 0 spiro atoms. The highest BCUT2D eigenvalue weighted by Gasteiger charge is 2.48. The van der Waals surface area contributed by atoms with Crippen LogP contribution >= 0.6 is 0 Å². The lowest BCUT2D eigenvalue weighted by atomic mass is 9.86. The second-order valence-electron chi connectivity index (χ2n) is 11.1. The quantitative estimate of drug-likeness (QED) is 0.418. The summed E-state index contributed by atoms with van der Waals surface area (Å²) in [5.74, 6) is 1.19. The van der Waals surface area contributed by atoms with Gasteiger partial charge in [0, 0.05) is 48.3 Å². The minimum absolute atomic E-state index is 0.00520. The molecule has 4 aliphatic heterocycles. The summed E-state index contributed by atoms with van der Waals surface area (Å²) >= 11 is 0. The van der Waals surface area contributed by atoms with Gasteiger partial charge in [-0.2, -0.15) is 0 Å². The second kappa shape index (κ2) is 9.64. The first-order valence-electron chi connectivity index (χ1n) is 14.1. The van der Waals surface area contributed by atoms with E-state index >= 15 is 0 Å². The van der Waals surface area contributed by atoms with E-state index < -0.39 is 12.1 Å². The summed E-state index contributed by atoms with van der Waals surface area (Å²) in [5.41, 5.74) is 5.83. The van der Waals surface area contributed by atoms with Crippen molar-refractivity contribution in [2.75, 3.05) is 44.5 Å². The maximum absolute atomic E-state index is 14.2. The zero-order chi connectivity index (χ0) is 27.5. The molecule has 2 atom stereocenters. The smallest absolute Gasteiger partial charge is 0.250 e. The molecule has 2 fully saturated rings. The van der Waals surface area contributed by atoms with Crippen molar-refractivity contribution in [1.29, 1.82) is 0 Å². The molecule has 0 unspecified atom stereocenters. The third kappa shape index (κ3) is 4.07. The molecule has 2 amide bonds. The number of ether oxygens (including phenoxy) is 3. The number of H-pyrrole nitrogens is 1. The van der Waals surface area contributed by atoms with Crippen LogP contribution in [-0.4, -0.2) is 72.3 Å². The van der Waals surface area contributed by atoms with Crippen LogP contribution in [0.2, 0.25) is 0 Å². The summed E-state index contributed by atoms with van der Waals surface area (Å²) in [4.78, 5) is 37.5. The van der Waals surface area contributed by atoms with Crippen LogP contribution in [0.4, 0.5) is 5.69 Å². The molecule has 3 aromatic carbocycles. The summed E-state index contributed by atoms with van der Waals surface area (Å²) in [7, 11) is 0. The Hall–Kier alpha value is -4.34. The van der Waals surface area contributed by atoms with Crippen LogP contribution in [0, 0.1) is 0 Å². The van der Waals surface area contributed by atoms with Gasteiger partial charge in [0.05, 0.1) is 19.3 Å². The van der Waals surface area contributed by atoms with E-state index in [1.54, 1.807) is 9.80 Å². The fourth-order valence-electron chi connectivity index (χ4n) is 6.71. The molecule has 9 nitrogen and oxygen atoms in total.